The lowest BCUT2D eigenvalue weighted by Gasteiger charge is -2.46. The van der Waals surface area contributed by atoms with E-state index in [1.165, 1.54) is 122 Å². The maximum Gasteiger partial charge on any atom is 0.220 e. The molecule has 14 heteroatoms. The van der Waals surface area contributed by atoms with Gasteiger partial charge in [0.1, 0.15) is 48.8 Å². The molecule has 12 atom stereocenters. The van der Waals surface area contributed by atoms with Gasteiger partial charge in [0.25, 0.3) is 0 Å². The van der Waals surface area contributed by atoms with Gasteiger partial charge in [-0.05, 0) is 51.4 Å². The number of aliphatic hydroxyl groups is 8. The molecule has 396 valence electrons. The largest absolute Gasteiger partial charge is 0.394 e. The summed E-state index contributed by atoms with van der Waals surface area (Å²) in [5.74, 6) is -0.253. The van der Waals surface area contributed by atoms with Crippen molar-refractivity contribution >= 4 is 5.91 Å². The summed E-state index contributed by atoms with van der Waals surface area (Å²) in [5, 5.41) is 85.9. The SMILES string of the molecule is CCC/C=C/C(O)C(COC1OC(CO)C(OC2OC(CO)C(O)C(O)C2O)C(O)C1O)NC(=O)CCCCCCCCCCCCCCCCCC/C=C\C/C=C\C/C=C\CCCCCCC. The Kier molecular flexibility index (Phi) is 37.0. The summed E-state index contributed by atoms with van der Waals surface area (Å²) in [6.07, 6.45) is 32.9. The minimum Gasteiger partial charge on any atom is -0.394 e. The van der Waals surface area contributed by atoms with E-state index in [0.29, 0.717) is 6.42 Å². The normalized spacial score (nSPS) is 26.7. The lowest BCUT2D eigenvalue weighted by molar-refractivity contribution is -0.359. The van der Waals surface area contributed by atoms with E-state index in [0.717, 1.165) is 44.9 Å². The highest BCUT2D eigenvalue weighted by molar-refractivity contribution is 5.76. The molecule has 2 aliphatic heterocycles. The lowest BCUT2D eigenvalue weighted by atomic mass is 9.97. The summed E-state index contributed by atoms with van der Waals surface area (Å²) >= 11 is 0. The first-order valence-corrected chi connectivity index (χ1v) is 26.9. The fourth-order valence-corrected chi connectivity index (χ4v) is 8.60. The van der Waals surface area contributed by atoms with Crippen LogP contribution in [0.2, 0.25) is 0 Å². The highest BCUT2D eigenvalue weighted by Crippen LogP contribution is 2.30. The van der Waals surface area contributed by atoms with E-state index in [-0.39, 0.29) is 18.9 Å². The molecule has 1 amide bonds. The van der Waals surface area contributed by atoms with E-state index in [4.69, 9.17) is 18.9 Å². The number of nitrogens with one attached hydrogen (secondary N) is 1. The molecule has 2 rings (SSSR count). The van der Waals surface area contributed by atoms with Gasteiger partial charge in [-0.2, -0.15) is 0 Å². The number of hydrogen-bond donors (Lipinski definition) is 9. The molecule has 0 aliphatic carbocycles. The Morgan fingerprint density at radius 3 is 1.51 bits per heavy atom. The number of aliphatic hydroxyl groups excluding tert-OH is 8. The summed E-state index contributed by atoms with van der Waals surface area (Å²) in [5.41, 5.74) is 0. The molecule has 9 N–H and O–H groups in total. The summed E-state index contributed by atoms with van der Waals surface area (Å²) < 4.78 is 22.5. The molecular formula is C54H97NO13. The maximum absolute atomic E-state index is 13.0. The van der Waals surface area contributed by atoms with E-state index in [2.05, 4.69) is 48.7 Å². The molecule has 2 fully saturated rings. The van der Waals surface area contributed by atoms with Crippen LogP contribution in [0.1, 0.15) is 194 Å². The van der Waals surface area contributed by atoms with Crippen LogP contribution in [0.25, 0.3) is 0 Å². The third-order valence-corrected chi connectivity index (χ3v) is 13.0. The topological polar surface area (TPSA) is 228 Å². The average Bonchev–Trinajstić information content (AvgIpc) is 3.33. The highest BCUT2D eigenvalue weighted by atomic mass is 16.7. The number of carbonyl (C=O) groups excluding carboxylic acids is 1. The first kappa shape index (κ1) is 62.1. The van der Waals surface area contributed by atoms with Gasteiger partial charge in [0, 0.05) is 6.42 Å². The maximum atomic E-state index is 13.0. The van der Waals surface area contributed by atoms with E-state index < -0.39 is 86.8 Å². The standard InChI is InChI=1S/C54H97NO13/c1-3-5-7-8-9-10-11-12-13-14-15-16-17-18-19-20-21-22-23-24-25-26-27-28-29-30-31-32-33-34-36-38-46(59)55-42(43(58)37-35-6-4-2)41-65-53-51(64)49(62)52(45(40-57)67-53)68-54-50(63)48(61)47(60)44(39-56)66-54/h11-12,14-15,17-18,35,37,42-45,47-54,56-58,60-64H,3-10,13,16,19-34,36,38-41H2,1-2H3,(H,55,59)/b12-11-,15-14-,18-17-,37-35+. The van der Waals surface area contributed by atoms with Crippen molar-refractivity contribution < 1.29 is 64.6 Å². The van der Waals surface area contributed by atoms with Crippen LogP contribution in [0.4, 0.5) is 0 Å². The molecule has 0 aromatic rings. The van der Waals surface area contributed by atoms with Crippen molar-refractivity contribution in [3.63, 3.8) is 0 Å². The summed E-state index contributed by atoms with van der Waals surface area (Å²) in [7, 11) is 0. The zero-order chi connectivity index (χ0) is 49.6. The van der Waals surface area contributed by atoms with Crippen molar-refractivity contribution in [2.45, 2.75) is 267 Å². The lowest BCUT2D eigenvalue weighted by Crippen LogP contribution is -2.65. The molecule has 2 aliphatic rings. The van der Waals surface area contributed by atoms with Gasteiger partial charge in [-0.1, -0.05) is 184 Å². The van der Waals surface area contributed by atoms with Crippen LogP contribution in [0.5, 0.6) is 0 Å². The van der Waals surface area contributed by atoms with E-state index in [1.807, 2.05) is 13.0 Å². The Morgan fingerprint density at radius 2 is 1.00 bits per heavy atom. The van der Waals surface area contributed by atoms with Gasteiger partial charge >= 0.3 is 0 Å². The molecular weight excluding hydrogens is 871 g/mol. The molecule has 0 aromatic heterocycles. The third kappa shape index (κ3) is 27.0. The van der Waals surface area contributed by atoms with E-state index >= 15 is 0 Å². The number of allylic oxidation sites excluding steroid dienone is 7. The van der Waals surface area contributed by atoms with Crippen molar-refractivity contribution in [3.8, 4) is 0 Å². The molecule has 0 radical (unpaired) electrons. The third-order valence-electron chi connectivity index (χ3n) is 13.0. The second-order valence-electron chi connectivity index (χ2n) is 19.0. The van der Waals surface area contributed by atoms with Crippen LogP contribution >= 0.6 is 0 Å². The number of amides is 1. The zero-order valence-corrected chi connectivity index (χ0v) is 42.1. The van der Waals surface area contributed by atoms with Gasteiger partial charge in [0.05, 0.1) is 32.0 Å². The molecule has 0 spiro atoms. The predicted molar refractivity (Wildman–Crippen MR) is 267 cm³/mol. The second-order valence-corrected chi connectivity index (χ2v) is 19.0. The number of hydrogen-bond acceptors (Lipinski definition) is 13. The summed E-state index contributed by atoms with van der Waals surface area (Å²) in [6.45, 7) is 2.54. The molecule has 68 heavy (non-hydrogen) atoms. The fraction of sp³-hybridized carbons (Fsp3) is 0.833. The first-order valence-electron chi connectivity index (χ1n) is 26.9. The number of rotatable bonds is 41. The van der Waals surface area contributed by atoms with E-state index in [9.17, 15) is 45.6 Å². The number of ether oxygens (including phenoxy) is 4. The Balaban J connectivity index is 1.53. The van der Waals surface area contributed by atoms with Crippen LogP contribution < -0.4 is 5.32 Å². The van der Waals surface area contributed by atoms with Crippen LogP contribution in [0.15, 0.2) is 48.6 Å². The van der Waals surface area contributed by atoms with Crippen LogP contribution in [-0.4, -0.2) is 140 Å². The average molecular weight is 968 g/mol. The molecule has 2 heterocycles. The first-order chi connectivity index (χ1) is 33.1. The summed E-state index contributed by atoms with van der Waals surface area (Å²) in [6, 6.07) is -0.910. The quantitative estimate of drug-likeness (QED) is 0.0212. The molecule has 0 bridgehead atoms. The van der Waals surface area contributed by atoms with Gasteiger partial charge in [-0.3, -0.25) is 4.79 Å². The van der Waals surface area contributed by atoms with Crippen molar-refractivity contribution in [3.05, 3.63) is 48.6 Å². The van der Waals surface area contributed by atoms with Crippen molar-refractivity contribution in [1.29, 1.82) is 0 Å². The Hall–Kier alpha value is -2.05. The van der Waals surface area contributed by atoms with Crippen LogP contribution in [0.3, 0.4) is 0 Å². The number of unbranched alkanes of at least 4 members (excludes halogenated alkanes) is 22. The van der Waals surface area contributed by atoms with Gasteiger partial charge in [-0.25, -0.2) is 0 Å². The van der Waals surface area contributed by atoms with Gasteiger partial charge in [0.15, 0.2) is 12.6 Å². The monoisotopic (exact) mass is 968 g/mol. The summed E-state index contributed by atoms with van der Waals surface area (Å²) in [4.78, 5) is 13.0. The van der Waals surface area contributed by atoms with Crippen LogP contribution in [-0.2, 0) is 23.7 Å². The molecule has 0 aromatic carbocycles. The van der Waals surface area contributed by atoms with Gasteiger partial charge in [0.2, 0.25) is 5.91 Å². The molecule has 14 nitrogen and oxygen atoms in total. The van der Waals surface area contributed by atoms with Crippen molar-refractivity contribution in [2.24, 2.45) is 0 Å². The number of carbonyl (C=O) groups is 1. The van der Waals surface area contributed by atoms with E-state index in [1.54, 1.807) is 6.08 Å². The molecule has 12 unspecified atom stereocenters. The van der Waals surface area contributed by atoms with Crippen molar-refractivity contribution in [1.82, 2.24) is 5.32 Å². The minimum atomic E-state index is -1.79. The minimum absolute atomic E-state index is 0.253. The van der Waals surface area contributed by atoms with Crippen LogP contribution in [0, 0.1) is 0 Å². The Labute approximate surface area is 410 Å². The molecule has 2 saturated heterocycles. The Morgan fingerprint density at radius 1 is 0.529 bits per heavy atom. The highest BCUT2D eigenvalue weighted by Gasteiger charge is 2.51. The second kappa shape index (κ2) is 40.5. The molecule has 0 saturated carbocycles. The fourth-order valence-electron chi connectivity index (χ4n) is 8.60. The Bertz CT molecular complexity index is 1330. The zero-order valence-electron chi connectivity index (χ0n) is 42.1. The predicted octanol–water partition coefficient (Wildman–Crippen LogP) is 7.66. The van der Waals surface area contributed by atoms with Gasteiger partial charge < -0.3 is 65.1 Å². The van der Waals surface area contributed by atoms with Crippen molar-refractivity contribution in [2.75, 3.05) is 19.8 Å². The van der Waals surface area contributed by atoms with Gasteiger partial charge in [-0.15, -0.1) is 0 Å². The smallest absolute Gasteiger partial charge is 0.220 e.